The predicted octanol–water partition coefficient (Wildman–Crippen LogP) is 2.96. The van der Waals surface area contributed by atoms with Gasteiger partial charge in [-0.1, -0.05) is 13.8 Å². The number of fused-ring (bicyclic) bond motifs is 1. The van der Waals surface area contributed by atoms with Crippen LogP contribution < -0.4 is 11.1 Å². The third-order valence-electron chi connectivity index (χ3n) is 3.63. The molecule has 0 radical (unpaired) electrons. The smallest absolute Gasteiger partial charge is 0.133 e. The lowest BCUT2D eigenvalue weighted by atomic mass is 10.1. The van der Waals surface area contributed by atoms with Gasteiger partial charge in [-0.25, -0.2) is 4.98 Å². The molecule has 0 atom stereocenters. The van der Waals surface area contributed by atoms with Crippen molar-refractivity contribution < 1.29 is 0 Å². The summed E-state index contributed by atoms with van der Waals surface area (Å²) in [5.41, 5.74) is 6.60. The molecule has 0 bridgehead atoms. The fourth-order valence-corrected chi connectivity index (χ4v) is 2.39. The van der Waals surface area contributed by atoms with Crippen LogP contribution in [0.2, 0.25) is 0 Å². The van der Waals surface area contributed by atoms with Crippen LogP contribution in [-0.2, 0) is 0 Å². The second-order valence-electron chi connectivity index (χ2n) is 4.95. The summed E-state index contributed by atoms with van der Waals surface area (Å²) < 4.78 is 0. The van der Waals surface area contributed by atoms with Gasteiger partial charge in [0.1, 0.15) is 5.82 Å². The van der Waals surface area contributed by atoms with E-state index in [0.29, 0.717) is 0 Å². The predicted molar refractivity (Wildman–Crippen MR) is 87.1 cm³/mol. The van der Waals surface area contributed by atoms with E-state index in [9.17, 15) is 0 Å². The first-order chi connectivity index (χ1) is 9.74. The van der Waals surface area contributed by atoms with Crippen molar-refractivity contribution in [2.45, 2.75) is 20.3 Å². The molecule has 20 heavy (non-hydrogen) atoms. The van der Waals surface area contributed by atoms with Crippen molar-refractivity contribution in [2.75, 3.05) is 37.2 Å². The molecular weight excluding hydrogens is 248 g/mol. The van der Waals surface area contributed by atoms with Crippen molar-refractivity contribution in [1.82, 2.24) is 9.88 Å². The summed E-state index contributed by atoms with van der Waals surface area (Å²) in [6, 6.07) is 7.93. The van der Waals surface area contributed by atoms with Gasteiger partial charge < -0.3 is 16.0 Å². The molecule has 1 aromatic carbocycles. The normalized spacial score (nSPS) is 11.2. The van der Waals surface area contributed by atoms with Crippen molar-refractivity contribution in [1.29, 1.82) is 0 Å². The molecule has 0 aliphatic carbocycles. The summed E-state index contributed by atoms with van der Waals surface area (Å²) in [7, 11) is 0. The molecule has 0 aliphatic rings. The molecular formula is C16H24N4. The number of benzene rings is 1. The second-order valence-corrected chi connectivity index (χ2v) is 4.95. The van der Waals surface area contributed by atoms with E-state index in [1.54, 1.807) is 0 Å². The summed E-state index contributed by atoms with van der Waals surface area (Å²) in [5.74, 6) is 0.946. The molecule has 4 nitrogen and oxygen atoms in total. The van der Waals surface area contributed by atoms with Crippen LogP contribution in [0.5, 0.6) is 0 Å². The lowest BCUT2D eigenvalue weighted by Crippen LogP contribution is -2.25. The maximum absolute atomic E-state index is 5.81. The summed E-state index contributed by atoms with van der Waals surface area (Å²) in [4.78, 5) is 6.86. The molecule has 0 unspecified atom stereocenters. The molecule has 0 spiro atoms. The van der Waals surface area contributed by atoms with Crippen molar-refractivity contribution >= 4 is 22.3 Å². The Morgan fingerprint density at radius 2 is 2.00 bits per heavy atom. The average Bonchev–Trinajstić information content (AvgIpc) is 2.47. The third kappa shape index (κ3) is 3.61. The number of pyridine rings is 1. The summed E-state index contributed by atoms with van der Waals surface area (Å²) >= 11 is 0. The number of nitrogens with one attached hydrogen (secondary N) is 1. The molecule has 3 N–H and O–H groups in total. The van der Waals surface area contributed by atoms with Gasteiger partial charge in [0.05, 0.1) is 0 Å². The highest BCUT2D eigenvalue weighted by molar-refractivity contribution is 5.93. The summed E-state index contributed by atoms with van der Waals surface area (Å²) in [5, 5.41) is 5.69. The average molecular weight is 272 g/mol. The Labute approximate surface area is 121 Å². The maximum Gasteiger partial charge on any atom is 0.133 e. The molecule has 108 valence electrons. The first-order valence-electron chi connectivity index (χ1n) is 7.35. The zero-order chi connectivity index (χ0) is 14.4. The van der Waals surface area contributed by atoms with E-state index >= 15 is 0 Å². The van der Waals surface area contributed by atoms with Gasteiger partial charge in [0.2, 0.25) is 0 Å². The van der Waals surface area contributed by atoms with Crippen LogP contribution >= 0.6 is 0 Å². The Balaban J connectivity index is 1.96. The van der Waals surface area contributed by atoms with Gasteiger partial charge in [-0.05, 0) is 55.7 Å². The number of nitrogens with zero attached hydrogens (tertiary/aromatic N) is 2. The topological polar surface area (TPSA) is 54.2 Å². The number of nitrogen functional groups attached to an aromatic ring is 1. The van der Waals surface area contributed by atoms with Crippen LogP contribution in [0.1, 0.15) is 20.3 Å². The first kappa shape index (κ1) is 14.6. The SMILES string of the molecule is CCN(CC)CCCNc1nccc2cc(N)ccc12. The minimum atomic E-state index is 0.788. The Hall–Kier alpha value is -1.81. The van der Waals surface area contributed by atoms with Crippen molar-refractivity contribution in [3.8, 4) is 0 Å². The molecule has 0 saturated heterocycles. The highest BCUT2D eigenvalue weighted by Crippen LogP contribution is 2.22. The minimum Gasteiger partial charge on any atom is -0.399 e. The second kappa shape index (κ2) is 7.10. The largest absolute Gasteiger partial charge is 0.399 e. The minimum absolute atomic E-state index is 0.788. The standard InChI is InChI=1S/C16H24N4/c1-3-20(4-2)11-5-9-18-16-15-7-6-14(17)12-13(15)8-10-19-16/h6-8,10,12H,3-5,9,11,17H2,1-2H3,(H,18,19). The van der Waals surface area contributed by atoms with E-state index in [0.717, 1.165) is 54.9 Å². The van der Waals surface area contributed by atoms with Gasteiger partial charge in [-0.15, -0.1) is 0 Å². The van der Waals surface area contributed by atoms with E-state index < -0.39 is 0 Å². The zero-order valence-corrected chi connectivity index (χ0v) is 12.4. The Morgan fingerprint density at radius 1 is 1.20 bits per heavy atom. The van der Waals surface area contributed by atoms with Gasteiger partial charge in [0, 0.05) is 23.8 Å². The molecule has 1 heterocycles. The number of hydrogen-bond donors (Lipinski definition) is 2. The Kier molecular flexibility index (Phi) is 5.18. The van der Waals surface area contributed by atoms with Crippen LogP contribution in [0, 0.1) is 0 Å². The quantitative estimate of drug-likeness (QED) is 0.601. The van der Waals surface area contributed by atoms with Crippen molar-refractivity contribution in [3.63, 3.8) is 0 Å². The van der Waals surface area contributed by atoms with E-state index in [2.05, 4.69) is 29.0 Å². The number of anilines is 2. The maximum atomic E-state index is 5.81. The lowest BCUT2D eigenvalue weighted by Gasteiger charge is -2.18. The Bertz CT molecular complexity index is 549. The molecule has 1 aromatic heterocycles. The molecule has 4 heteroatoms. The Morgan fingerprint density at radius 3 is 2.75 bits per heavy atom. The van der Waals surface area contributed by atoms with Gasteiger partial charge in [-0.3, -0.25) is 0 Å². The summed E-state index contributed by atoms with van der Waals surface area (Å²) in [6.07, 6.45) is 2.95. The zero-order valence-electron chi connectivity index (χ0n) is 12.4. The van der Waals surface area contributed by atoms with Crippen LogP contribution in [0.25, 0.3) is 10.8 Å². The van der Waals surface area contributed by atoms with E-state index in [1.165, 1.54) is 0 Å². The fraction of sp³-hybridized carbons (Fsp3) is 0.438. The highest BCUT2D eigenvalue weighted by atomic mass is 15.1. The monoisotopic (exact) mass is 272 g/mol. The van der Waals surface area contributed by atoms with Crippen LogP contribution in [0.3, 0.4) is 0 Å². The lowest BCUT2D eigenvalue weighted by molar-refractivity contribution is 0.303. The van der Waals surface area contributed by atoms with Gasteiger partial charge in [0.15, 0.2) is 0 Å². The van der Waals surface area contributed by atoms with E-state index in [1.807, 2.05) is 30.5 Å². The number of hydrogen-bond acceptors (Lipinski definition) is 4. The first-order valence-corrected chi connectivity index (χ1v) is 7.35. The molecule has 2 aromatic rings. The van der Waals surface area contributed by atoms with Gasteiger partial charge in [0.25, 0.3) is 0 Å². The molecule has 0 saturated carbocycles. The van der Waals surface area contributed by atoms with E-state index in [4.69, 9.17) is 5.73 Å². The van der Waals surface area contributed by atoms with Gasteiger partial charge in [-0.2, -0.15) is 0 Å². The van der Waals surface area contributed by atoms with Crippen LogP contribution in [-0.4, -0.2) is 36.1 Å². The van der Waals surface area contributed by atoms with Crippen LogP contribution in [0.4, 0.5) is 11.5 Å². The fourth-order valence-electron chi connectivity index (χ4n) is 2.39. The molecule has 0 fully saturated rings. The number of nitrogens with two attached hydrogens (primary N) is 1. The molecule has 0 amide bonds. The summed E-state index contributed by atoms with van der Waals surface area (Å²) in [6.45, 7) is 8.69. The van der Waals surface area contributed by atoms with Crippen LogP contribution in [0.15, 0.2) is 30.5 Å². The van der Waals surface area contributed by atoms with Gasteiger partial charge >= 0.3 is 0 Å². The van der Waals surface area contributed by atoms with Crippen molar-refractivity contribution in [3.05, 3.63) is 30.5 Å². The molecule has 2 rings (SSSR count). The highest BCUT2D eigenvalue weighted by Gasteiger charge is 2.03. The van der Waals surface area contributed by atoms with Crippen molar-refractivity contribution in [2.24, 2.45) is 0 Å². The number of aromatic nitrogens is 1. The number of rotatable bonds is 7. The third-order valence-corrected chi connectivity index (χ3v) is 3.63. The molecule has 0 aliphatic heterocycles. The van der Waals surface area contributed by atoms with E-state index in [-0.39, 0.29) is 0 Å².